The van der Waals surface area contributed by atoms with Gasteiger partial charge in [0.2, 0.25) is 0 Å². The van der Waals surface area contributed by atoms with Gasteiger partial charge in [0.25, 0.3) is 0 Å². The predicted molar refractivity (Wildman–Crippen MR) is 71.7 cm³/mol. The normalized spacial score (nSPS) is 19.2. The van der Waals surface area contributed by atoms with Crippen LogP contribution in [-0.2, 0) is 6.42 Å². The predicted octanol–water partition coefficient (Wildman–Crippen LogP) is 4.29. The van der Waals surface area contributed by atoms with E-state index in [4.69, 9.17) is 4.74 Å². The molecule has 1 aromatic rings. The minimum Gasteiger partial charge on any atom is -0.497 e. The first kappa shape index (κ1) is 12.0. The number of alkyl halides is 1. The van der Waals surface area contributed by atoms with Crippen LogP contribution in [0.15, 0.2) is 18.2 Å². The van der Waals surface area contributed by atoms with Crippen molar-refractivity contribution < 1.29 is 4.74 Å². The van der Waals surface area contributed by atoms with Gasteiger partial charge in [-0.1, -0.05) is 22.0 Å². The number of fused-ring (bicyclic) bond motifs is 1. The van der Waals surface area contributed by atoms with Gasteiger partial charge in [-0.2, -0.15) is 0 Å². The number of rotatable bonds is 4. The highest BCUT2D eigenvalue weighted by molar-refractivity contribution is 9.09. The van der Waals surface area contributed by atoms with Crippen LogP contribution in [0.25, 0.3) is 0 Å². The van der Waals surface area contributed by atoms with E-state index >= 15 is 0 Å². The Morgan fingerprint density at radius 1 is 1.44 bits per heavy atom. The van der Waals surface area contributed by atoms with Crippen molar-refractivity contribution in [3.8, 4) is 5.75 Å². The molecule has 1 nitrogen and oxygen atoms in total. The first-order valence-corrected chi connectivity index (χ1v) is 7.20. The van der Waals surface area contributed by atoms with Crippen LogP contribution in [0.4, 0.5) is 0 Å². The molecule has 0 aromatic heterocycles. The topological polar surface area (TPSA) is 9.23 Å². The summed E-state index contributed by atoms with van der Waals surface area (Å²) in [6.07, 6.45) is 6.48. The second-order valence-electron chi connectivity index (χ2n) is 4.49. The molecule has 16 heavy (non-hydrogen) atoms. The zero-order valence-electron chi connectivity index (χ0n) is 9.84. The fourth-order valence-corrected chi connectivity index (χ4v) is 2.95. The Labute approximate surface area is 106 Å². The lowest BCUT2D eigenvalue weighted by Gasteiger charge is -2.25. The molecule has 1 aliphatic carbocycles. The molecule has 0 unspecified atom stereocenters. The molecule has 1 atom stereocenters. The van der Waals surface area contributed by atoms with Crippen molar-refractivity contribution in [2.75, 3.05) is 12.4 Å². The molecule has 0 fully saturated rings. The van der Waals surface area contributed by atoms with E-state index in [1.54, 1.807) is 7.11 Å². The molecule has 0 amide bonds. The van der Waals surface area contributed by atoms with E-state index in [9.17, 15) is 0 Å². The van der Waals surface area contributed by atoms with Crippen LogP contribution in [0.3, 0.4) is 0 Å². The van der Waals surface area contributed by atoms with Crippen LogP contribution in [0.5, 0.6) is 5.75 Å². The molecule has 2 rings (SSSR count). The molecule has 0 N–H and O–H groups in total. The molecule has 1 aromatic carbocycles. The molecule has 88 valence electrons. The number of aryl methyl sites for hydroxylation is 1. The van der Waals surface area contributed by atoms with Crippen molar-refractivity contribution in [3.63, 3.8) is 0 Å². The van der Waals surface area contributed by atoms with Gasteiger partial charge in [0.15, 0.2) is 0 Å². The Morgan fingerprint density at radius 2 is 2.31 bits per heavy atom. The van der Waals surface area contributed by atoms with Crippen LogP contribution >= 0.6 is 15.9 Å². The highest BCUT2D eigenvalue weighted by Crippen LogP contribution is 2.36. The highest BCUT2D eigenvalue weighted by Gasteiger charge is 2.20. The first-order valence-electron chi connectivity index (χ1n) is 6.08. The zero-order chi connectivity index (χ0) is 11.4. The molecular weight excluding hydrogens is 264 g/mol. The van der Waals surface area contributed by atoms with E-state index in [-0.39, 0.29) is 0 Å². The lowest BCUT2D eigenvalue weighted by Crippen LogP contribution is -2.10. The summed E-state index contributed by atoms with van der Waals surface area (Å²) in [5.41, 5.74) is 3.07. The molecule has 0 bridgehead atoms. The SMILES string of the molecule is COc1ccc2c(c1)[C@H](CCCBr)CCC2. The summed E-state index contributed by atoms with van der Waals surface area (Å²) in [6.45, 7) is 0. The minimum atomic E-state index is 0.747. The quantitative estimate of drug-likeness (QED) is 0.749. The zero-order valence-corrected chi connectivity index (χ0v) is 11.4. The monoisotopic (exact) mass is 282 g/mol. The smallest absolute Gasteiger partial charge is 0.119 e. The van der Waals surface area contributed by atoms with E-state index in [1.807, 2.05) is 0 Å². The standard InChI is InChI=1S/C14H19BrO/c1-16-13-8-7-12-5-2-4-11(6-3-9-15)14(12)10-13/h7-8,10-11H,2-6,9H2,1H3/t11-/m0/s1. The molecular formula is C14H19BrO. The Hall–Kier alpha value is -0.500. The third-order valence-corrected chi connectivity index (χ3v) is 4.04. The summed E-state index contributed by atoms with van der Waals surface area (Å²) >= 11 is 3.52. The number of methoxy groups -OCH3 is 1. The van der Waals surface area contributed by atoms with Gasteiger partial charge < -0.3 is 4.74 Å². The maximum atomic E-state index is 5.32. The fraction of sp³-hybridized carbons (Fsp3) is 0.571. The lowest BCUT2D eigenvalue weighted by molar-refractivity contribution is 0.411. The van der Waals surface area contributed by atoms with Crippen molar-refractivity contribution in [1.29, 1.82) is 0 Å². The number of hydrogen-bond acceptors (Lipinski definition) is 1. The summed E-state index contributed by atoms with van der Waals surface area (Å²) < 4.78 is 5.32. The van der Waals surface area contributed by atoms with Crippen molar-refractivity contribution in [3.05, 3.63) is 29.3 Å². The van der Waals surface area contributed by atoms with E-state index in [0.29, 0.717) is 0 Å². The summed E-state index contributed by atoms with van der Waals surface area (Å²) in [5, 5.41) is 1.11. The molecule has 0 spiro atoms. The Morgan fingerprint density at radius 3 is 3.06 bits per heavy atom. The van der Waals surface area contributed by atoms with E-state index in [0.717, 1.165) is 17.0 Å². The summed E-state index contributed by atoms with van der Waals surface area (Å²) in [6, 6.07) is 6.58. The van der Waals surface area contributed by atoms with Gasteiger partial charge in [0.1, 0.15) is 5.75 Å². The maximum absolute atomic E-state index is 5.32. The maximum Gasteiger partial charge on any atom is 0.119 e. The second-order valence-corrected chi connectivity index (χ2v) is 5.28. The van der Waals surface area contributed by atoms with Gasteiger partial charge in [-0.15, -0.1) is 0 Å². The Balaban J connectivity index is 2.21. The lowest BCUT2D eigenvalue weighted by atomic mass is 9.80. The van der Waals surface area contributed by atoms with Crippen molar-refractivity contribution in [2.45, 2.75) is 38.0 Å². The average molecular weight is 283 g/mol. The van der Waals surface area contributed by atoms with Gasteiger partial charge in [-0.3, -0.25) is 0 Å². The Bertz CT molecular complexity index is 349. The van der Waals surface area contributed by atoms with E-state index < -0.39 is 0 Å². The van der Waals surface area contributed by atoms with E-state index in [2.05, 4.69) is 34.1 Å². The average Bonchev–Trinajstić information content (AvgIpc) is 2.35. The fourth-order valence-electron chi connectivity index (χ4n) is 2.63. The molecule has 0 aliphatic heterocycles. The third kappa shape index (κ3) is 2.60. The third-order valence-electron chi connectivity index (χ3n) is 3.48. The van der Waals surface area contributed by atoms with Crippen molar-refractivity contribution in [2.24, 2.45) is 0 Å². The highest BCUT2D eigenvalue weighted by atomic mass is 79.9. The van der Waals surface area contributed by atoms with Crippen LogP contribution in [-0.4, -0.2) is 12.4 Å². The van der Waals surface area contributed by atoms with Crippen molar-refractivity contribution in [1.82, 2.24) is 0 Å². The first-order chi connectivity index (χ1) is 7.85. The molecule has 2 heteroatoms. The summed E-state index contributed by atoms with van der Waals surface area (Å²) in [7, 11) is 1.75. The number of benzene rings is 1. The largest absolute Gasteiger partial charge is 0.497 e. The molecule has 1 aliphatic rings. The van der Waals surface area contributed by atoms with Gasteiger partial charge >= 0.3 is 0 Å². The van der Waals surface area contributed by atoms with Gasteiger partial charge in [-0.05, 0) is 61.3 Å². The van der Waals surface area contributed by atoms with Crippen molar-refractivity contribution >= 4 is 15.9 Å². The van der Waals surface area contributed by atoms with Crippen LogP contribution in [0, 0.1) is 0 Å². The Kier molecular flexibility index (Phi) is 4.28. The number of ether oxygens (including phenoxy) is 1. The van der Waals surface area contributed by atoms with Crippen LogP contribution in [0.1, 0.15) is 42.7 Å². The summed E-state index contributed by atoms with van der Waals surface area (Å²) in [4.78, 5) is 0. The van der Waals surface area contributed by atoms with Gasteiger partial charge in [0, 0.05) is 5.33 Å². The van der Waals surface area contributed by atoms with Crippen LogP contribution < -0.4 is 4.74 Å². The van der Waals surface area contributed by atoms with Gasteiger partial charge in [-0.25, -0.2) is 0 Å². The summed E-state index contributed by atoms with van der Waals surface area (Å²) in [5.74, 6) is 1.75. The minimum absolute atomic E-state index is 0.747. The second kappa shape index (κ2) is 5.72. The van der Waals surface area contributed by atoms with Gasteiger partial charge in [0.05, 0.1) is 7.11 Å². The van der Waals surface area contributed by atoms with Crippen LogP contribution in [0.2, 0.25) is 0 Å². The number of hydrogen-bond donors (Lipinski definition) is 0. The molecule has 0 radical (unpaired) electrons. The molecule has 0 saturated heterocycles. The van der Waals surface area contributed by atoms with E-state index in [1.165, 1.54) is 43.2 Å². The molecule has 0 saturated carbocycles. The number of halogens is 1. The molecule has 0 heterocycles.